The lowest BCUT2D eigenvalue weighted by atomic mass is 10.2. The van der Waals surface area contributed by atoms with Crippen molar-refractivity contribution in [2.45, 2.75) is 16.3 Å². The number of hydrogen-bond donors (Lipinski definition) is 4. The molecule has 2 rings (SSSR count). The summed E-state index contributed by atoms with van der Waals surface area (Å²) in [6.07, 6.45) is 0. The number of thiol groups is 1. The predicted octanol–water partition coefficient (Wildman–Crippen LogP) is 1.93. The van der Waals surface area contributed by atoms with E-state index < -0.39 is 16.0 Å². The second-order valence-corrected chi connectivity index (χ2v) is 6.54. The lowest BCUT2D eigenvalue weighted by Crippen LogP contribution is -2.15. The normalized spacial score (nSPS) is 11.2. The van der Waals surface area contributed by atoms with E-state index in [1.807, 2.05) is 30.3 Å². The summed E-state index contributed by atoms with van der Waals surface area (Å²) in [5.74, 6) is -1.25. The van der Waals surface area contributed by atoms with Gasteiger partial charge in [0.05, 0.1) is 16.1 Å². The van der Waals surface area contributed by atoms with E-state index >= 15 is 0 Å². The standard InChI is InChI=1S/C14H14N2O4S2/c15-22(19,20)12-7-10(14(17)18)6-11(13(12)21)16-8-9-4-2-1-3-5-9/h1-7,16,21H,8H2,(H,17,18)(H2,15,19,20). The third-order valence-corrected chi connectivity index (χ3v) is 4.52. The summed E-state index contributed by atoms with van der Waals surface area (Å²) in [6.45, 7) is 0.390. The molecule has 116 valence electrons. The number of primary sulfonamides is 1. The minimum Gasteiger partial charge on any atom is -0.478 e. The monoisotopic (exact) mass is 338 g/mol. The molecule has 0 spiro atoms. The highest BCUT2D eigenvalue weighted by Crippen LogP contribution is 2.29. The number of nitrogens with one attached hydrogen (secondary N) is 1. The van der Waals surface area contributed by atoms with Gasteiger partial charge in [-0.1, -0.05) is 30.3 Å². The number of sulfonamides is 1. The number of anilines is 1. The Morgan fingerprint density at radius 2 is 1.86 bits per heavy atom. The minimum absolute atomic E-state index is 0.0865. The fraction of sp³-hybridized carbons (Fsp3) is 0.0714. The number of nitrogens with two attached hydrogens (primary N) is 1. The van der Waals surface area contributed by atoms with Crippen molar-refractivity contribution in [2.24, 2.45) is 5.14 Å². The molecular formula is C14H14N2O4S2. The third-order valence-electron chi connectivity index (χ3n) is 2.95. The fourth-order valence-corrected chi connectivity index (χ4v) is 3.14. The van der Waals surface area contributed by atoms with Crippen molar-refractivity contribution in [1.29, 1.82) is 0 Å². The van der Waals surface area contributed by atoms with Gasteiger partial charge in [-0.05, 0) is 17.7 Å². The maximum absolute atomic E-state index is 11.6. The Hall–Kier alpha value is -2.03. The Kier molecular flexibility index (Phi) is 4.74. The minimum atomic E-state index is -4.07. The van der Waals surface area contributed by atoms with Crippen molar-refractivity contribution >= 4 is 34.3 Å². The van der Waals surface area contributed by atoms with Crippen LogP contribution in [0, 0.1) is 0 Å². The molecule has 6 nitrogen and oxygen atoms in total. The number of carboxylic acid groups (broad SMARTS) is 1. The second kappa shape index (κ2) is 6.39. The molecule has 0 aliphatic heterocycles. The molecule has 0 heterocycles. The van der Waals surface area contributed by atoms with Crippen LogP contribution < -0.4 is 10.5 Å². The third kappa shape index (κ3) is 3.79. The highest BCUT2D eigenvalue weighted by Gasteiger charge is 2.19. The molecule has 0 aromatic heterocycles. The summed E-state index contributed by atoms with van der Waals surface area (Å²) < 4.78 is 23.1. The summed E-state index contributed by atoms with van der Waals surface area (Å²) in [6, 6.07) is 11.7. The average molecular weight is 338 g/mol. The van der Waals surface area contributed by atoms with Crippen LogP contribution in [0.25, 0.3) is 0 Å². The van der Waals surface area contributed by atoms with Crippen LogP contribution in [0.4, 0.5) is 5.69 Å². The fourth-order valence-electron chi connectivity index (χ4n) is 1.88. The zero-order valence-corrected chi connectivity index (χ0v) is 13.1. The van der Waals surface area contributed by atoms with Crippen LogP contribution >= 0.6 is 12.6 Å². The molecule has 4 N–H and O–H groups in total. The van der Waals surface area contributed by atoms with Crippen molar-refractivity contribution < 1.29 is 18.3 Å². The van der Waals surface area contributed by atoms with Gasteiger partial charge in [-0.3, -0.25) is 0 Å². The summed E-state index contributed by atoms with van der Waals surface area (Å²) in [5, 5.41) is 17.2. The molecule has 0 fully saturated rings. The van der Waals surface area contributed by atoms with Gasteiger partial charge in [0.15, 0.2) is 0 Å². The van der Waals surface area contributed by atoms with Crippen LogP contribution in [0.5, 0.6) is 0 Å². The number of carboxylic acids is 1. The van der Waals surface area contributed by atoms with E-state index in [2.05, 4.69) is 17.9 Å². The zero-order valence-electron chi connectivity index (χ0n) is 11.4. The van der Waals surface area contributed by atoms with Gasteiger partial charge in [-0.15, -0.1) is 12.6 Å². The molecule has 2 aromatic carbocycles. The lowest BCUT2D eigenvalue weighted by Gasteiger charge is -2.13. The van der Waals surface area contributed by atoms with Crippen molar-refractivity contribution in [3.63, 3.8) is 0 Å². The second-order valence-electron chi connectivity index (χ2n) is 4.56. The van der Waals surface area contributed by atoms with E-state index in [0.717, 1.165) is 11.6 Å². The van der Waals surface area contributed by atoms with Crippen molar-refractivity contribution in [2.75, 3.05) is 5.32 Å². The van der Waals surface area contributed by atoms with E-state index in [4.69, 9.17) is 10.2 Å². The van der Waals surface area contributed by atoms with Crippen LogP contribution in [0.15, 0.2) is 52.3 Å². The van der Waals surface area contributed by atoms with Crippen LogP contribution in [0.3, 0.4) is 0 Å². The largest absolute Gasteiger partial charge is 0.478 e. The molecule has 0 unspecified atom stereocenters. The van der Waals surface area contributed by atoms with E-state index in [1.165, 1.54) is 6.07 Å². The van der Waals surface area contributed by atoms with E-state index in [0.29, 0.717) is 6.54 Å². The SMILES string of the molecule is NS(=O)(=O)c1cc(C(=O)O)cc(NCc2ccccc2)c1S. The first-order chi connectivity index (χ1) is 10.3. The molecule has 22 heavy (non-hydrogen) atoms. The highest BCUT2D eigenvalue weighted by atomic mass is 32.2. The predicted molar refractivity (Wildman–Crippen MR) is 85.8 cm³/mol. The Labute approximate surface area is 133 Å². The van der Waals surface area contributed by atoms with Crippen LogP contribution in [0.2, 0.25) is 0 Å². The van der Waals surface area contributed by atoms with Crippen molar-refractivity contribution in [3.05, 3.63) is 53.6 Å². The molecule has 8 heteroatoms. The Morgan fingerprint density at radius 1 is 1.23 bits per heavy atom. The molecule has 0 aliphatic rings. The van der Waals surface area contributed by atoms with Gasteiger partial charge in [-0.25, -0.2) is 18.4 Å². The Morgan fingerprint density at radius 3 is 2.41 bits per heavy atom. The molecule has 2 aromatic rings. The summed E-state index contributed by atoms with van der Waals surface area (Å²) in [4.78, 5) is 10.9. The molecule has 0 aliphatic carbocycles. The maximum atomic E-state index is 11.6. The van der Waals surface area contributed by atoms with Gasteiger partial charge in [0.1, 0.15) is 0 Å². The molecular weight excluding hydrogens is 324 g/mol. The van der Waals surface area contributed by atoms with Gasteiger partial charge >= 0.3 is 5.97 Å². The quantitative estimate of drug-likeness (QED) is 0.623. The van der Waals surface area contributed by atoms with Crippen molar-refractivity contribution in [3.8, 4) is 0 Å². The first-order valence-corrected chi connectivity index (χ1v) is 8.19. The van der Waals surface area contributed by atoms with Gasteiger partial charge in [-0.2, -0.15) is 0 Å². The van der Waals surface area contributed by atoms with Crippen LogP contribution in [0.1, 0.15) is 15.9 Å². The molecule has 0 radical (unpaired) electrons. The molecule has 0 saturated heterocycles. The number of rotatable bonds is 5. The summed E-state index contributed by atoms with van der Waals surface area (Å²) >= 11 is 4.15. The van der Waals surface area contributed by atoms with E-state index in [-0.39, 0.29) is 21.0 Å². The van der Waals surface area contributed by atoms with E-state index in [1.54, 1.807) is 0 Å². The topological polar surface area (TPSA) is 109 Å². The Bertz CT molecular complexity index is 805. The molecule has 0 atom stereocenters. The highest BCUT2D eigenvalue weighted by molar-refractivity contribution is 7.90. The number of carbonyl (C=O) groups is 1. The van der Waals surface area contributed by atoms with Gasteiger partial charge in [0.2, 0.25) is 10.0 Å². The van der Waals surface area contributed by atoms with Crippen LogP contribution in [-0.2, 0) is 16.6 Å². The molecule has 0 bridgehead atoms. The van der Waals surface area contributed by atoms with Gasteiger partial charge < -0.3 is 10.4 Å². The average Bonchev–Trinajstić information content (AvgIpc) is 2.45. The van der Waals surface area contributed by atoms with Gasteiger partial charge in [0, 0.05) is 11.4 Å². The van der Waals surface area contributed by atoms with Crippen LogP contribution in [-0.4, -0.2) is 19.5 Å². The lowest BCUT2D eigenvalue weighted by molar-refractivity contribution is 0.0696. The summed E-state index contributed by atoms with van der Waals surface area (Å²) in [5.41, 5.74) is 1.06. The molecule has 0 saturated carbocycles. The first kappa shape index (κ1) is 16.3. The zero-order chi connectivity index (χ0) is 16.3. The molecule has 0 amide bonds. The first-order valence-electron chi connectivity index (χ1n) is 6.20. The Balaban J connectivity index is 2.42. The number of hydrogen-bond acceptors (Lipinski definition) is 5. The summed E-state index contributed by atoms with van der Waals surface area (Å²) in [7, 11) is -4.07. The van der Waals surface area contributed by atoms with E-state index in [9.17, 15) is 13.2 Å². The number of aromatic carboxylic acids is 1. The van der Waals surface area contributed by atoms with Gasteiger partial charge in [0.25, 0.3) is 0 Å². The van der Waals surface area contributed by atoms with Crippen molar-refractivity contribution in [1.82, 2.24) is 0 Å². The number of benzene rings is 2. The smallest absolute Gasteiger partial charge is 0.335 e. The maximum Gasteiger partial charge on any atom is 0.335 e.